The Kier molecular flexibility index (Phi) is 5.83. The number of hydrogen-bond acceptors (Lipinski definition) is 3. The van der Waals surface area contributed by atoms with Crippen LogP contribution in [0.1, 0.15) is 34.6 Å². The first kappa shape index (κ1) is 15.3. The van der Waals surface area contributed by atoms with Gasteiger partial charge in [0.1, 0.15) is 7.14 Å². The van der Waals surface area contributed by atoms with E-state index >= 15 is 0 Å². The van der Waals surface area contributed by atoms with Gasteiger partial charge in [-0.1, -0.05) is 33.6 Å². The molecule has 0 heterocycles. The Bertz CT molecular complexity index is 314. The van der Waals surface area contributed by atoms with E-state index in [0.717, 1.165) is 0 Å². The minimum atomic E-state index is -2.53. The lowest BCUT2D eigenvalue weighted by Gasteiger charge is -2.25. The van der Waals surface area contributed by atoms with Crippen LogP contribution in [0.3, 0.4) is 0 Å². The second kappa shape index (κ2) is 6.11. The van der Waals surface area contributed by atoms with Crippen LogP contribution in [0.5, 0.6) is 0 Å². The Balaban J connectivity index is 4.63. The van der Waals surface area contributed by atoms with Crippen molar-refractivity contribution in [3.63, 3.8) is 0 Å². The monoisotopic (exact) mass is 244 g/mol. The van der Waals surface area contributed by atoms with Crippen molar-refractivity contribution in [1.82, 2.24) is 0 Å². The predicted octanol–water partition coefficient (Wildman–Crippen LogP) is 2.73. The van der Waals surface area contributed by atoms with Crippen LogP contribution in [-0.2, 0) is 14.1 Å². The second-order valence-electron chi connectivity index (χ2n) is 4.50. The van der Waals surface area contributed by atoms with Crippen molar-refractivity contribution in [2.75, 3.05) is 6.16 Å². The Morgan fingerprint density at radius 2 is 1.69 bits per heavy atom. The Labute approximate surface area is 98.3 Å². The van der Waals surface area contributed by atoms with Crippen LogP contribution in [0.4, 0.5) is 0 Å². The van der Waals surface area contributed by atoms with Crippen molar-refractivity contribution in [2.24, 2.45) is 0 Å². The number of carbonyl (C=O) groups is 1. The number of carbonyl (C=O) groups excluding carboxylic acids is 1. The lowest BCUT2D eigenvalue weighted by molar-refractivity contribution is -0.142. The van der Waals surface area contributed by atoms with Gasteiger partial charge in [0.05, 0.1) is 6.16 Å². The van der Waals surface area contributed by atoms with E-state index in [2.05, 4.69) is 5.92 Å². The number of hydrogen-bond donors (Lipinski definition) is 0. The third kappa shape index (κ3) is 4.02. The third-order valence-electron chi connectivity index (χ3n) is 2.67. The fourth-order valence-electron chi connectivity index (χ4n) is 1.43. The summed E-state index contributed by atoms with van der Waals surface area (Å²) in [5.74, 6) is 1.85. The zero-order valence-corrected chi connectivity index (χ0v) is 11.6. The van der Waals surface area contributed by atoms with E-state index in [-0.39, 0.29) is 17.5 Å². The predicted molar refractivity (Wildman–Crippen MR) is 67.1 cm³/mol. The van der Waals surface area contributed by atoms with Gasteiger partial charge in [-0.25, -0.2) is 0 Å². The van der Waals surface area contributed by atoms with Crippen LogP contribution in [0.15, 0.2) is 0 Å². The molecule has 16 heavy (non-hydrogen) atoms. The molecule has 0 aliphatic heterocycles. The van der Waals surface area contributed by atoms with Crippen molar-refractivity contribution < 1.29 is 14.1 Å². The Morgan fingerprint density at radius 3 is 2.00 bits per heavy atom. The van der Waals surface area contributed by atoms with E-state index in [4.69, 9.17) is 11.2 Å². The van der Waals surface area contributed by atoms with Gasteiger partial charge in [0.25, 0.3) is 0 Å². The molecule has 1 unspecified atom stereocenters. The smallest absolute Gasteiger partial charge is 0.314 e. The first-order chi connectivity index (χ1) is 7.24. The molecule has 0 fully saturated rings. The van der Waals surface area contributed by atoms with E-state index in [1.54, 1.807) is 6.92 Å². The molecule has 0 saturated carbocycles. The Morgan fingerprint density at radius 1 is 1.25 bits per heavy atom. The largest absolute Gasteiger partial charge is 0.449 e. The molecule has 3 nitrogen and oxygen atoms in total. The van der Waals surface area contributed by atoms with Crippen molar-refractivity contribution in [1.29, 1.82) is 0 Å². The zero-order chi connectivity index (χ0) is 12.9. The molecular weight excluding hydrogens is 223 g/mol. The van der Waals surface area contributed by atoms with Gasteiger partial charge in [0.15, 0.2) is 6.10 Å². The molecule has 1 atom stereocenters. The quantitative estimate of drug-likeness (QED) is 0.424. The van der Waals surface area contributed by atoms with Crippen LogP contribution in [-0.4, -0.2) is 29.6 Å². The summed E-state index contributed by atoms with van der Waals surface area (Å²) in [5, 5.41) is 0. The number of rotatable bonds is 5. The molecule has 4 heteroatoms. The van der Waals surface area contributed by atoms with E-state index in [1.807, 2.05) is 27.7 Å². The molecule has 0 aromatic heterocycles. The van der Waals surface area contributed by atoms with Gasteiger partial charge in [-0.3, -0.25) is 4.79 Å². The highest BCUT2D eigenvalue weighted by molar-refractivity contribution is 7.66. The molecule has 92 valence electrons. The first-order valence-corrected chi connectivity index (χ1v) is 7.51. The second-order valence-corrected chi connectivity index (χ2v) is 8.59. The lowest BCUT2D eigenvalue weighted by Crippen LogP contribution is -2.22. The highest BCUT2D eigenvalue weighted by Gasteiger charge is 2.33. The van der Waals surface area contributed by atoms with Crippen molar-refractivity contribution in [3.05, 3.63) is 0 Å². The molecule has 0 spiro atoms. The normalized spacial score (nSPS) is 13.6. The lowest BCUT2D eigenvalue weighted by atomic mass is 10.4. The summed E-state index contributed by atoms with van der Waals surface area (Å²) in [6.07, 6.45) is 4.53. The molecule has 0 saturated heterocycles. The van der Waals surface area contributed by atoms with Crippen molar-refractivity contribution >= 4 is 13.1 Å². The van der Waals surface area contributed by atoms with Gasteiger partial charge in [-0.2, -0.15) is 0 Å². The molecule has 0 aromatic carbocycles. The first-order valence-electron chi connectivity index (χ1n) is 5.48. The fourth-order valence-corrected chi connectivity index (χ4v) is 3.83. The highest BCUT2D eigenvalue weighted by atomic mass is 31.2. The average Bonchev–Trinajstić information content (AvgIpc) is 2.16. The molecule has 0 rings (SSSR count). The summed E-state index contributed by atoms with van der Waals surface area (Å²) in [6, 6.07) is 0. The van der Waals surface area contributed by atoms with Crippen LogP contribution in [0.25, 0.3) is 0 Å². The van der Waals surface area contributed by atoms with Crippen LogP contribution in [0.2, 0.25) is 0 Å². The minimum absolute atomic E-state index is 0.0128. The Hall–Kier alpha value is -0.740. The summed E-state index contributed by atoms with van der Waals surface area (Å²) < 4.78 is 17.5. The zero-order valence-electron chi connectivity index (χ0n) is 10.7. The topological polar surface area (TPSA) is 43.4 Å². The number of terminal acetylenes is 1. The summed E-state index contributed by atoms with van der Waals surface area (Å²) in [4.78, 5) is 11.5. The van der Waals surface area contributed by atoms with Gasteiger partial charge in [0.2, 0.25) is 0 Å². The van der Waals surface area contributed by atoms with E-state index < -0.39 is 19.2 Å². The molecule has 0 amide bonds. The number of esters is 1. The average molecular weight is 244 g/mol. The SMILES string of the molecule is C#CC(C)OC(=O)CP(=O)(C(C)C)C(C)C. The van der Waals surface area contributed by atoms with Gasteiger partial charge in [-0.15, -0.1) is 6.42 Å². The van der Waals surface area contributed by atoms with Crippen molar-refractivity contribution in [2.45, 2.75) is 52.0 Å². The van der Waals surface area contributed by atoms with Crippen LogP contribution >= 0.6 is 7.14 Å². The van der Waals surface area contributed by atoms with E-state index in [0.29, 0.717) is 0 Å². The van der Waals surface area contributed by atoms with E-state index in [9.17, 15) is 9.36 Å². The van der Waals surface area contributed by atoms with Gasteiger partial charge in [-0.05, 0) is 6.92 Å². The summed E-state index contributed by atoms with van der Waals surface area (Å²) >= 11 is 0. The summed E-state index contributed by atoms with van der Waals surface area (Å²) in [5.41, 5.74) is -0.0256. The molecule has 0 aliphatic carbocycles. The fraction of sp³-hybridized carbons (Fsp3) is 0.750. The maximum Gasteiger partial charge on any atom is 0.314 e. The molecule has 0 aliphatic rings. The van der Waals surface area contributed by atoms with Crippen LogP contribution in [0, 0.1) is 12.3 Å². The van der Waals surface area contributed by atoms with Gasteiger partial charge < -0.3 is 9.30 Å². The maximum atomic E-state index is 12.5. The molecule has 0 bridgehead atoms. The van der Waals surface area contributed by atoms with E-state index in [1.165, 1.54) is 0 Å². The van der Waals surface area contributed by atoms with Crippen LogP contribution < -0.4 is 0 Å². The molecule has 0 N–H and O–H groups in total. The molecule has 0 radical (unpaired) electrons. The molecular formula is C12H21O3P. The standard InChI is InChI=1S/C12H21O3P/c1-7-11(6)15-12(13)8-16(14,9(2)3)10(4)5/h1,9-11H,8H2,2-6H3. The van der Waals surface area contributed by atoms with Gasteiger partial charge >= 0.3 is 5.97 Å². The highest BCUT2D eigenvalue weighted by Crippen LogP contribution is 2.54. The van der Waals surface area contributed by atoms with Gasteiger partial charge in [0, 0.05) is 11.3 Å². The summed E-state index contributed by atoms with van der Waals surface area (Å²) in [7, 11) is -2.53. The summed E-state index contributed by atoms with van der Waals surface area (Å²) in [6.45, 7) is 9.11. The molecule has 0 aromatic rings. The maximum absolute atomic E-state index is 12.5. The van der Waals surface area contributed by atoms with Crippen molar-refractivity contribution in [3.8, 4) is 12.3 Å². The minimum Gasteiger partial charge on any atom is -0.449 e. The number of ether oxygens (including phenoxy) is 1. The third-order valence-corrected chi connectivity index (χ3v) is 6.92.